The van der Waals surface area contributed by atoms with Gasteiger partial charge in [0.2, 0.25) is 0 Å². The molecule has 2 rings (SSSR count). The highest BCUT2D eigenvalue weighted by molar-refractivity contribution is 5.74. The summed E-state index contributed by atoms with van der Waals surface area (Å²) in [5.41, 5.74) is 2.68. The van der Waals surface area contributed by atoms with Crippen LogP contribution < -0.4 is 0 Å². The Morgan fingerprint density at radius 1 is 1.12 bits per heavy atom. The quantitative estimate of drug-likeness (QED) is 0.705. The summed E-state index contributed by atoms with van der Waals surface area (Å²) < 4.78 is 0. The standard InChI is InChI=1S/C15H18N2/c1-13-4-5-15(9-12-17-13)7-6-14-3-2-10-16-11-8-14/h2-5,8-9,11-13H,6-7,10H2,1H3. The zero-order valence-electron chi connectivity index (χ0n) is 10.2. The second kappa shape index (κ2) is 6.14. The molecule has 17 heavy (non-hydrogen) atoms. The van der Waals surface area contributed by atoms with E-state index in [1.54, 1.807) is 0 Å². The van der Waals surface area contributed by atoms with Crippen molar-refractivity contribution in [2.75, 3.05) is 6.54 Å². The van der Waals surface area contributed by atoms with Crippen molar-refractivity contribution in [3.05, 3.63) is 47.6 Å². The number of hydrogen-bond donors (Lipinski definition) is 0. The van der Waals surface area contributed by atoms with Gasteiger partial charge in [0.15, 0.2) is 0 Å². The van der Waals surface area contributed by atoms with E-state index in [4.69, 9.17) is 0 Å². The lowest BCUT2D eigenvalue weighted by Crippen LogP contribution is -1.88. The predicted octanol–water partition coefficient (Wildman–Crippen LogP) is 3.29. The number of allylic oxidation sites excluding steroid dienone is 6. The minimum atomic E-state index is 0.299. The molecule has 2 aliphatic rings. The highest BCUT2D eigenvalue weighted by Gasteiger charge is 2.00. The van der Waals surface area contributed by atoms with Crippen LogP contribution in [0, 0.1) is 0 Å². The Morgan fingerprint density at radius 2 is 1.88 bits per heavy atom. The molecule has 0 saturated carbocycles. The van der Waals surface area contributed by atoms with E-state index in [1.807, 2.05) is 12.4 Å². The second-order valence-electron chi connectivity index (χ2n) is 4.30. The smallest absolute Gasteiger partial charge is 0.0654 e. The molecule has 0 aliphatic carbocycles. The first-order valence-corrected chi connectivity index (χ1v) is 6.10. The molecule has 0 saturated heterocycles. The van der Waals surface area contributed by atoms with Crippen LogP contribution in [0.5, 0.6) is 0 Å². The van der Waals surface area contributed by atoms with Crippen LogP contribution in [-0.2, 0) is 0 Å². The third-order valence-corrected chi connectivity index (χ3v) is 2.84. The molecule has 0 radical (unpaired) electrons. The fraction of sp³-hybridized carbons (Fsp3) is 0.333. The molecule has 0 amide bonds. The molecule has 0 spiro atoms. The Kier molecular flexibility index (Phi) is 4.25. The molecule has 2 aliphatic heterocycles. The minimum Gasteiger partial charge on any atom is -0.289 e. The third-order valence-electron chi connectivity index (χ3n) is 2.84. The van der Waals surface area contributed by atoms with Gasteiger partial charge in [0.25, 0.3) is 0 Å². The Bertz CT molecular complexity index is 434. The summed E-state index contributed by atoms with van der Waals surface area (Å²) in [5.74, 6) is 0. The summed E-state index contributed by atoms with van der Waals surface area (Å²) in [6.07, 6.45) is 18.7. The normalized spacial score (nSPS) is 23.0. The predicted molar refractivity (Wildman–Crippen MR) is 75.0 cm³/mol. The summed E-state index contributed by atoms with van der Waals surface area (Å²) in [7, 11) is 0. The molecule has 2 nitrogen and oxygen atoms in total. The Hall–Kier alpha value is -1.70. The van der Waals surface area contributed by atoms with Gasteiger partial charge in [-0.3, -0.25) is 9.98 Å². The van der Waals surface area contributed by atoms with Crippen LogP contribution in [-0.4, -0.2) is 25.0 Å². The highest BCUT2D eigenvalue weighted by atomic mass is 14.7. The fourth-order valence-corrected chi connectivity index (χ4v) is 1.79. The molecule has 88 valence electrons. The van der Waals surface area contributed by atoms with Gasteiger partial charge < -0.3 is 0 Å². The number of aliphatic imine (C=N–C) groups is 2. The second-order valence-corrected chi connectivity index (χ2v) is 4.30. The van der Waals surface area contributed by atoms with E-state index in [0.29, 0.717) is 6.04 Å². The molecule has 0 aromatic rings. The summed E-state index contributed by atoms with van der Waals surface area (Å²) >= 11 is 0. The summed E-state index contributed by atoms with van der Waals surface area (Å²) in [4.78, 5) is 8.55. The van der Waals surface area contributed by atoms with Crippen molar-refractivity contribution in [1.29, 1.82) is 0 Å². The molecular formula is C15H18N2. The monoisotopic (exact) mass is 226 g/mol. The van der Waals surface area contributed by atoms with Gasteiger partial charge in [0.05, 0.1) is 12.6 Å². The van der Waals surface area contributed by atoms with E-state index >= 15 is 0 Å². The van der Waals surface area contributed by atoms with Gasteiger partial charge in [-0.2, -0.15) is 0 Å². The van der Waals surface area contributed by atoms with Gasteiger partial charge in [0.1, 0.15) is 0 Å². The Labute approximate surface area is 103 Å². The average Bonchev–Trinajstić information content (AvgIpc) is 2.69. The van der Waals surface area contributed by atoms with Crippen molar-refractivity contribution in [3.8, 4) is 0 Å². The SMILES string of the molecule is CC1C=CC(CCC2=CC=NCC=C2)=CC=N1. The lowest BCUT2D eigenvalue weighted by Gasteiger charge is -2.02. The van der Waals surface area contributed by atoms with Crippen molar-refractivity contribution in [2.45, 2.75) is 25.8 Å². The van der Waals surface area contributed by atoms with Gasteiger partial charge in [-0.15, -0.1) is 0 Å². The Morgan fingerprint density at radius 3 is 2.76 bits per heavy atom. The summed E-state index contributed by atoms with van der Waals surface area (Å²) in [5, 5.41) is 0. The van der Waals surface area contributed by atoms with E-state index < -0.39 is 0 Å². The maximum atomic E-state index is 4.35. The maximum absolute atomic E-state index is 4.35. The molecule has 0 aromatic carbocycles. The van der Waals surface area contributed by atoms with Crippen molar-refractivity contribution in [2.24, 2.45) is 9.98 Å². The minimum absolute atomic E-state index is 0.299. The highest BCUT2D eigenvalue weighted by Crippen LogP contribution is 2.16. The zero-order chi connectivity index (χ0) is 11.9. The molecule has 0 bridgehead atoms. The molecule has 1 unspecified atom stereocenters. The van der Waals surface area contributed by atoms with E-state index in [-0.39, 0.29) is 0 Å². The third kappa shape index (κ3) is 3.99. The topological polar surface area (TPSA) is 24.7 Å². The number of rotatable bonds is 3. The van der Waals surface area contributed by atoms with Crippen LogP contribution in [0.4, 0.5) is 0 Å². The molecule has 0 fully saturated rings. The van der Waals surface area contributed by atoms with Crippen molar-refractivity contribution in [3.63, 3.8) is 0 Å². The van der Waals surface area contributed by atoms with E-state index in [9.17, 15) is 0 Å². The first kappa shape index (κ1) is 11.8. The molecule has 2 heterocycles. The maximum Gasteiger partial charge on any atom is 0.0654 e. The first-order valence-electron chi connectivity index (χ1n) is 6.10. The van der Waals surface area contributed by atoms with Crippen LogP contribution in [0.3, 0.4) is 0 Å². The van der Waals surface area contributed by atoms with Crippen LogP contribution in [0.25, 0.3) is 0 Å². The lowest BCUT2D eigenvalue weighted by molar-refractivity contribution is 0.930. The summed E-state index contributed by atoms with van der Waals surface area (Å²) in [6, 6.07) is 0.299. The molecule has 2 heteroatoms. The summed E-state index contributed by atoms with van der Waals surface area (Å²) in [6.45, 7) is 2.89. The zero-order valence-corrected chi connectivity index (χ0v) is 10.2. The number of nitrogens with zero attached hydrogens (tertiary/aromatic N) is 2. The van der Waals surface area contributed by atoms with Gasteiger partial charge in [-0.05, 0) is 43.1 Å². The van der Waals surface area contributed by atoms with Crippen LogP contribution in [0.2, 0.25) is 0 Å². The van der Waals surface area contributed by atoms with E-state index in [1.165, 1.54) is 11.1 Å². The van der Waals surface area contributed by atoms with Crippen molar-refractivity contribution in [1.82, 2.24) is 0 Å². The van der Waals surface area contributed by atoms with E-state index in [2.05, 4.69) is 53.4 Å². The molecule has 1 atom stereocenters. The van der Waals surface area contributed by atoms with E-state index in [0.717, 1.165) is 19.4 Å². The molecular weight excluding hydrogens is 208 g/mol. The van der Waals surface area contributed by atoms with Gasteiger partial charge >= 0.3 is 0 Å². The Balaban J connectivity index is 1.92. The lowest BCUT2D eigenvalue weighted by atomic mass is 10.0. The number of hydrogen-bond acceptors (Lipinski definition) is 2. The van der Waals surface area contributed by atoms with Crippen LogP contribution >= 0.6 is 0 Å². The average molecular weight is 226 g/mol. The molecule has 0 aromatic heterocycles. The van der Waals surface area contributed by atoms with Gasteiger partial charge in [0, 0.05) is 12.4 Å². The van der Waals surface area contributed by atoms with Crippen molar-refractivity contribution < 1.29 is 0 Å². The van der Waals surface area contributed by atoms with Gasteiger partial charge in [-0.25, -0.2) is 0 Å². The van der Waals surface area contributed by atoms with Gasteiger partial charge in [-0.1, -0.05) is 24.3 Å². The first-order chi connectivity index (χ1) is 8.34. The van der Waals surface area contributed by atoms with Crippen LogP contribution in [0.15, 0.2) is 57.6 Å². The van der Waals surface area contributed by atoms with Crippen molar-refractivity contribution >= 4 is 12.4 Å². The largest absolute Gasteiger partial charge is 0.289 e. The van der Waals surface area contributed by atoms with Crippen LogP contribution in [0.1, 0.15) is 19.8 Å². The fourth-order valence-electron chi connectivity index (χ4n) is 1.79. The molecule has 0 N–H and O–H groups in total.